The van der Waals surface area contributed by atoms with E-state index in [-0.39, 0.29) is 0 Å². The fourth-order valence-electron chi connectivity index (χ4n) is 1.05. The average Bonchev–Trinajstić information content (AvgIpc) is 3.31. The summed E-state index contributed by atoms with van der Waals surface area (Å²) in [5, 5.41) is 0. The zero-order valence-corrected chi connectivity index (χ0v) is 12.3. The third-order valence-corrected chi connectivity index (χ3v) is 2.45. The quantitative estimate of drug-likeness (QED) is 0.754. The minimum Gasteiger partial charge on any atom is -0.385 e. The first-order valence-electron chi connectivity index (χ1n) is 6.94. The van der Waals surface area contributed by atoms with Gasteiger partial charge in [0.25, 0.3) is 0 Å². The summed E-state index contributed by atoms with van der Waals surface area (Å²) in [5.74, 6) is 0.454. The van der Waals surface area contributed by atoms with E-state index in [9.17, 15) is 4.79 Å². The van der Waals surface area contributed by atoms with Crippen LogP contribution in [0.5, 0.6) is 0 Å². The Kier molecular flexibility index (Phi) is 12.1. The van der Waals surface area contributed by atoms with Gasteiger partial charge in [-0.05, 0) is 31.7 Å². The molecular formula is C17H26O2. The number of aldehydes is 1. The molecule has 0 amide bonds. The molecule has 1 aromatic rings. The van der Waals surface area contributed by atoms with Gasteiger partial charge in [0.15, 0.2) is 0 Å². The van der Waals surface area contributed by atoms with Crippen molar-refractivity contribution in [3.05, 3.63) is 42.0 Å². The van der Waals surface area contributed by atoms with Crippen LogP contribution in [0.15, 0.2) is 36.4 Å². The van der Waals surface area contributed by atoms with Gasteiger partial charge in [-0.2, -0.15) is 0 Å². The molecule has 19 heavy (non-hydrogen) atoms. The topological polar surface area (TPSA) is 26.3 Å². The molecular weight excluding hydrogens is 236 g/mol. The van der Waals surface area contributed by atoms with Gasteiger partial charge in [-0.15, -0.1) is 0 Å². The highest BCUT2D eigenvalue weighted by Crippen LogP contribution is 2.25. The zero-order valence-electron chi connectivity index (χ0n) is 12.3. The first-order chi connectivity index (χ1) is 9.28. The van der Waals surface area contributed by atoms with Crippen LogP contribution in [0.4, 0.5) is 0 Å². The van der Waals surface area contributed by atoms with Crippen LogP contribution in [0.1, 0.15) is 38.7 Å². The molecule has 0 spiro atoms. The Morgan fingerprint density at radius 1 is 1.21 bits per heavy atom. The van der Waals surface area contributed by atoms with E-state index < -0.39 is 0 Å². The second kappa shape index (κ2) is 13.0. The van der Waals surface area contributed by atoms with Crippen LogP contribution in [0, 0.1) is 5.92 Å². The number of carbonyl (C=O) groups excluding carboxylic acids is 1. The van der Waals surface area contributed by atoms with Crippen LogP contribution in [0.2, 0.25) is 0 Å². The van der Waals surface area contributed by atoms with Gasteiger partial charge in [-0.1, -0.05) is 49.4 Å². The highest BCUT2D eigenvalue weighted by Gasteiger charge is 2.18. The molecule has 2 rings (SSSR count). The Hall–Kier alpha value is -1.41. The van der Waals surface area contributed by atoms with E-state index in [1.807, 2.05) is 13.0 Å². The minimum atomic E-state index is 0.454. The standard InChI is InChI=1S/C10H12.C4H6O.C3H8O/c1-2-3-7-10-8-5-4-6-9-10;5-3-4-1-2-4;1-3-4-2/h3-9H,2H2,1H3;3-4H,1-2H2;3H2,1-2H3/b7-3-;;. The highest BCUT2D eigenvalue weighted by atomic mass is 16.5. The fraction of sp³-hybridized carbons (Fsp3) is 0.471. The van der Waals surface area contributed by atoms with E-state index in [1.165, 1.54) is 5.56 Å². The smallest absolute Gasteiger partial charge is 0.123 e. The van der Waals surface area contributed by atoms with Gasteiger partial charge in [-0.25, -0.2) is 0 Å². The van der Waals surface area contributed by atoms with Gasteiger partial charge in [-0.3, -0.25) is 0 Å². The number of ether oxygens (including phenoxy) is 1. The largest absolute Gasteiger partial charge is 0.385 e. The van der Waals surface area contributed by atoms with Gasteiger partial charge >= 0.3 is 0 Å². The van der Waals surface area contributed by atoms with Gasteiger partial charge in [0.1, 0.15) is 6.29 Å². The molecule has 106 valence electrons. The van der Waals surface area contributed by atoms with E-state index in [0.717, 1.165) is 32.2 Å². The lowest BCUT2D eigenvalue weighted by Gasteiger charge is -1.88. The molecule has 0 aromatic heterocycles. The number of rotatable bonds is 4. The summed E-state index contributed by atoms with van der Waals surface area (Å²) in [7, 11) is 1.68. The number of carbonyl (C=O) groups is 1. The molecule has 0 unspecified atom stereocenters. The summed E-state index contributed by atoms with van der Waals surface area (Å²) in [6.07, 6.45) is 8.72. The van der Waals surface area contributed by atoms with Crippen LogP contribution in [0.3, 0.4) is 0 Å². The molecule has 0 aliphatic heterocycles. The molecule has 1 aliphatic rings. The number of methoxy groups -OCH3 is 1. The van der Waals surface area contributed by atoms with Crippen molar-refractivity contribution in [1.82, 2.24) is 0 Å². The predicted octanol–water partition coefficient (Wildman–Crippen LogP) is 4.36. The number of hydrogen-bond donors (Lipinski definition) is 0. The van der Waals surface area contributed by atoms with Gasteiger partial charge in [0.05, 0.1) is 0 Å². The van der Waals surface area contributed by atoms with Crippen molar-refractivity contribution in [2.24, 2.45) is 5.92 Å². The lowest BCUT2D eigenvalue weighted by atomic mass is 10.2. The fourth-order valence-corrected chi connectivity index (χ4v) is 1.05. The summed E-state index contributed by atoms with van der Waals surface area (Å²) < 4.78 is 4.54. The minimum absolute atomic E-state index is 0.454. The van der Waals surface area contributed by atoms with Crippen LogP contribution in [-0.2, 0) is 9.53 Å². The monoisotopic (exact) mass is 262 g/mol. The third kappa shape index (κ3) is 12.8. The number of benzene rings is 1. The maximum Gasteiger partial charge on any atom is 0.123 e. The van der Waals surface area contributed by atoms with Crippen LogP contribution in [0.25, 0.3) is 6.08 Å². The molecule has 0 bridgehead atoms. The van der Waals surface area contributed by atoms with Crippen molar-refractivity contribution < 1.29 is 9.53 Å². The van der Waals surface area contributed by atoms with Gasteiger partial charge in [0.2, 0.25) is 0 Å². The van der Waals surface area contributed by atoms with E-state index >= 15 is 0 Å². The van der Waals surface area contributed by atoms with Crippen molar-refractivity contribution in [3.63, 3.8) is 0 Å². The summed E-state index contributed by atoms with van der Waals surface area (Å²) >= 11 is 0. The number of hydrogen-bond acceptors (Lipinski definition) is 2. The molecule has 0 heterocycles. The molecule has 0 N–H and O–H groups in total. The second-order valence-corrected chi connectivity index (χ2v) is 4.27. The maximum absolute atomic E-state index is 9.57. The highest BCUT2D eigenvalue weighted by molar-refractivity contribution is 5.56. The van der Waals surface area contributed by atoms with Gasteiger partial charge < -0.3 is 9.53 Å². The lowest BCUT2D eigenvalue weighted by molar-refractivity contribution is -0.108. The van der Waals surface area contributed by atoms with E-state index in [4.69, 9.17) is 0 Å². The Balaban J connectivity index is 0.000000300. The predicted molar refractivity (Wildman–Crippen MR) is 82.1 cm³/mol. The molecule has 0 atom stereocenters. The lowest BCUT2D eigenvalue weighted by Crippen LogP contribution is -1.73. The SMILES string of the molecule is CC/C=C\c1ccccc1.CCOC.O=CC1CC1. The van der Waals surface area contributed by atoms with Crippen LogP contribution >= 0.6 is 0 Å². The molecule has 2 heteroatoms. The van der Waals surface area contributed by atoms with E-state index in [0.29, 0.717) is 5.92 Å². The summed E-state index contributed by atoms with van der Waals surface area (Å²) in [6, 6.07) is 10.3. The van der Waals surface area contributed by atoms with Crippen LogP contribution in [-0.4, -0.2) is 20.0 Å². The molecule has 1 aliphatic carbocycles. The zero-order chi connectivity index (χ0) is 14.3. The van der Waals surface area contributed by atoms with Crippen molar-refractivity contribution in [1.29, 1.82) is 0 Å². The molecule has 1 saturated carbocycles. The van der Waals surface area contributed by atoms with Gasteiger partial charge in [0, 0.05) is 19.6 Å². The van der Waals surface area contributed by atoms with Crippen molar-refractivity contribution in [2.75, 3.05) is 13.7 Å². The number of allylic oxidation sites excluding steroid dienone is 1. The Bertz CT molecular complexity index is 324. The molecule has 0 radical (unpaired) electrons. The summed E-state index contributed by atoms with van der Waals surface area (Å²) in [4.78, 5) is 9.57. The van der Waals surface area contributed by atoms with E-state index in [1.54, 1.807) is 7.11 Å². The molecule has 0 saturated heterocycles. The average molecular weight is 262 g/mol. The second-order valence-electron chi connectivity index (χ2n) is 4.27. The van der Waals surface area contributed by atoms with E-state index in [2.05, 4.69) is 48.1 Å². The van der Waals surface area contributed by atoms with Crippen molar-refractivity contribution in [2.45, 2.75) is 33.1 Å². The normalized spacial score (nSPS) is 13.0. The Labute approximate surface area is 117 Å². The maximum atomic E-state index is 9.57. The molecule has 2 nitrogen and oxygen atoms in total. The van der Waals surface area contributed by atoms with Crippen molar-refractivity contribution in [3.8, 4) is 0 Å². The third-order valence-electron chi connectivity index (χ3n) is 2.45. The Morgan fingerprint density at radius 3 is 2.11 bits per heavy atom. The summed E-state index contributed by atoms with van der Waals surface area (Å²) in [6.45, 7) is 4.92. The first kappa shape index (κ1) is 17.6. The summed E-state index contributed by atoms with van der Waals surface area (Å²) in [5.41, 5.74) is 1.28. The van der Waals surface area contributed by atoms with Crippen LogP contribution < -0.4 is 0 Å². The Morgan fingerprint density at radius 2 is 1.79 bits per heavy atom. The molecule has 1 fully saturated rings. The van der Waals surface area contributed by atoms with Crippen molar-refractivity contribution >= 4 is 12.4 Å². The first-order valence-corrected chi connectivity index (χ1v) is 6.94. The molecule has 1 aromatic carbocycles.